The Morgan fingerprint density at radius 2 is 2.00 bits per heavy atom. The van der Waals surface area contributed by atoms with Crippen LogP contribution in [-0.2, 0) is 20.9 Å². The minimum absolute atomic E-state index is 0.0150. The van der Waals surface area contributed by atoms with Crippen molar-refractivity contribution in [2.45, 2.75) is 70.4 Å². The number of nitrogens with zero attached hydrogens (tertiary/aromatic N) is 4. The van der Waals surface area contributed by atoms with Crippen LogP contribution in [0.25, 0.3) is 10.4 Å². The summed E-state index contributed by atoms with van der Waals surface area (Å²) in [6, 6.07) is 9.05. The number of amides is 1. The van der Waals surface area contributed by atoms with E-state index in [1.807, 2.05) is 51.1 Å². The molecule has 2 aliphatic heterocycles. The van der Waals surface area contributed by atoms with Crippen LogP contribution < -0.4 is 5.32 Å². The minimum Gasteiger partial charge on any atom is -0.459 e. The number of hydrogen-bond donors (Lipinski definition) is 1. The van der Waals surface area contributed by atoms with E-state index in [1.165, 1.54) is 0 Å². The monoisotopic (exact) mass is 429 g/mol. The average molecular weight is 430 g/mol. The van der Waals surface area contributed by atoms with Gasteiger partial charge in [0.25, 0.3) is 0 Å². The zero-order valence-electron chi connectivity index (χ0n) is 18.4. The first kappa shape index (κ1) is 22.9. The molecule has 3 rings (SSSR count). The summed E-state index contributed by atoms with van der Waals surface area (Å²) in [4.78, 5) is 30.2. The van der Waals surface area contributed by atoms with E-state index in [-0.39, 0.29) is 36.6 Å². The predicted octanol–water partition coefficient (Wildman–Crippen LogP) is 3.79. The lowest BCUT2D eigenvalue weighted by molar-refractivity contribution is -0.161. The SMILES string of the molecule is CC(C)(C)OC(=O)[C@@H]1CCC2CC(CN=[N+]=[N-])C(NC(=O)OCc3ccccc3)CN21. The zero-order valence-corrected chi connectivity index (χ0v) is 18.4. The number of esters is 1. The number of fused-ring (bicyclic) bond motifs is 1. The number of hydrogen-bond acceptors (Lipinski definition) is 6. The second kappa shape index (κ2) is 10.0. The third kappa shape index (κ3) is 6.35. The molecule has 2 fully saturated rings. The molecule has 0 aliphatic carbocycles. The molecule has 2 saturated heterocycles. The van der Waals surface area contributed by atoms with Crippen molar-refractivity contribution in [3.63, 3.8) is 0 Å². The van der Waals surface area contributed by atoms with Gasteiger partial charge in [-0.2, -0.15) is 0 Å². The molecule has 3 unspecified atom stereocenters. The highest BCUT2D eigenvalue weighted by molar-refractivity contribution is 5.76. The lowest BCUT2D eigenvalue weighted by atomic mass is 9.87. The molecule has 9 heteroatoms. The number of carbonyl (C=O) groups is 2. The van der Waals surface area contributed by atoms with E-state index < -0.39 is 11.7 Å². The largest absolute Gasteiger partial charge is 0.459 e. The standard InChI is InChI=1S/C22H31N5O4/c1-22(2,3)31-20(28)19-10-9-17-11-16(12-24-26-23)18(13-27(17)19)25-21(29)30-14-15-7-5-4-6-8-15/h4-8,16-19H,9-14H2,1-3H3,(H,25,29)/t16?,17?,18?,19-/m0/s1. The summed E-state index contributed by atoms with van der Waals surface area (Å²) >= 11 is 0. The van der Waals surface area contributed by atoms with Crippen molar-refractivity contribution in [2.75, 3.05) is 13.1 Å². The third-order valence-electron chi connectivity index (χ3n) is 5.77. The van der Waals surface area contributed by atoms with E-state index in [4.69, 9.17) is 15.0 Å². The topological polar surface area (TPSA) is 117 Å². The van der Waals surface area contributed by atoms with E-state index in [1.54, 1.807) is 0 Å². The summed E-state index contributed by atoms with van der Waals surface area (Å²) in [5, 5.41) is 6.67. The fourth-order valence-corrected chi connectivity index (χ4v) is 4.40. The smallest absolute Gasteiger partial charge is 0.407 e. The highest BCUT2D eigenvalue weighted by Crippen LogP contribution is 2.35. The van der Waals surface area contributed by atoms with Gasteiger partial charge < -0.3 is 14.8 Å². The van der Waals surface area contributed by atoms with Gasteiger partial charge in [0.2, 0.25) is 0 Å². The van der Waals surface area contributed by atoms with Gasteiger partial charge in [0.1, 0.15) is 18.2 Å². The van der Waals surface area contributed by atoms with E-state index in [9.17, 15) is 9.59 Å². The maximum atomic E-state index is 12.7. The molecule has 2 heterocycles. The molecule has 1 aromatic rings. The van der Waals surface area contributed by atoms with Crippen LogP contribution >= 0.6 is 0 Å². The molecule has 4 atom stereocenters. The van der Waals surface area contributed by atoms with E-state index in [0.717, 1.165) is 24.8 Å². The van der Waals surface area contributed by atoms with E-state index in [0.29, 0.717) is 13.1 Å². The van der Waals surface area contributed by atoms with Gasteiger partial charge in [0.15, 0.2) is 0 Å². The Morgan fingerprint density at radius 1 is 1.26 bits per heavy atom. The van der Waals surface area contributed by atoms with Crippen LogP contribution in [-0.4, -0.2) is 53.8 Å². The maximum Gasteiger partial charge on any atom is 0.407 e. The first-order chi connectivity index (χ1) is 14.8. The van der Waals surface area contributed by atoms with Gasteiger partial charge in [-0.25, -0.2) is 4.79 Å². The van der Waals surface area contributed by atoms with Gasteiger partial charge in [0.05, 0.1) is 0 Å². The van der Waals surface area contributed by atoms with Gasteiger partial charge >= 0.3 is 12.1 Å². The molecule has 2 aliphatic rings. The molecule has 0 spiro atoms. The fraction of sp³-hybridized carbons (Fsp3) is 0.636. The summed E-state index contributed by atoms with van der Waals surface area (Å²) < 4.78 is 11.0. The van der Waals surface area contributed by atoms with Crippen molar-refractivity contribution in [1.82, 2.24) is 10.2 Å². The van der Waals surface area contributed by atoms with E-state index >= 15 is 0 Å². The number of ether oxygens (including phenoxy) is 2. The quantitative estimate of drug-likeness (QED) is 0.320. The lowest BCUT2D eigenvalue weighted by Crippen LogP contribution is -2.58. The number of nitrogens with one attached hydrogen (secondary N) is 1. The fourth-order valence-electron chi connectivity index (χ4n) is 4.40. The van der Waals surface area contributed by atoms with Crippen LogP contribution in [0.3, 0.4) is 0 Å². The van der Waals surface area contributed by atoms with Crippen LogP contribution in [0.1, 0.15) is 45.6 Å². The molecule has 168 valence electrons. The first-order valence-corrected chi connectivity index (χ1v) is 10.7. The number of azide groups is 1. The number of carbonyl (C=O) groups excluding carboxylic acids is 2. The van der Waals surface area contributed by atoms with Crippen LogP contribution in [0.2, 0.25) is 0 Å². The van der Waals surface area contributed by atoms with Crippen molar-refractivity contribution in [3.05, 3.63) is 46.3 Å². The Bertz CT molecular complexity index is 819. The van der Waals surface area contributed by atoms with Crippen molar-refractivity contribution in [3.8, 4) is 0 Å². The van der Waals surface area contributed by atoms with Crippen LogP contribution in [0.15, 0.2) is 35.4 Å². The molecule has 0 bridgehead atoms. The molecule has 0 radical (unpaired) electrons. The second-order valence-corrected chi connectivity index (χ2v) is 9.20. The predicted molar refractivity (Wildman–Crippen MR) is 115 cm³/mol. The molecule has 9 nitrogen and oxygen atoms in total. The van der Waals surface area contributed by atoms with Crippen molar-refractivity contribution < 1.29 is 19.1 Å². The number of rotatable bonds is 6. The summed E-state index contributed by atoms with van der Waals surface area (Å²) in [5.74, 6) is -0.243. The maximum absolute atomic E-state index is 12.7. The summed E-state index contributed by atoms with van der Waals surface area (Å²) in [6.07, 6.45) is 1.81. The van der Waals surface area contributed by atoms with Crippen LogP contribution in [0.4, 0.5) is 4.79 Å². The lowest BCUT2D eigenvalue weighted by Gasteiger charge is -2.42. The Balaban J connectivity index is 1.65. The summed E-state index contributed by atoms with van der Waals surface area (Å²) in [5.41, 5.74) is 9.11. The second-order valence-electron chi connectivity index (χ2n) is 9.20. The molecule has 0 saturated carbocycles. The highest BCUT2D eigenvalue weighted by Gasteiger charge is 2.46. The average Bonchev–Trinajstić information content (AvgIpc) is 3.13. The van der Waals surface area contributed by atoms with Crippen LogP contribution in [0.5, 0.6) is 0 Å². The molecular weight excluding hydrogens is 398 g/mol. The van der Waals surface area contributed by atoms with Gasteiger partial charge in [-0.1, -0.05) is 35.4 Å². The van der Waals surface area contributed by atoms with Crippen LogP contribution in [0, 0.1) is 5.92 Å². The van der Waals surface area contributed by atoms with Gasteiger partial charge in [-0.05, 0) is 57.0 Å². The molecule has 1 aromatic carbocycles. The Kier molecular flexibility index (Phi) is 7.41. The third-order valence-corrected chi connectivity index (χ3v) is 5.77. The Hall–Kier alpha value is -2.77. The highest BCUT2D eigenvalue weighted by atomic mass is 16.6. The first-order valence-electron chi connectivity index (χ1n) is 10.7. The number of benzene rings is 1. The Morgan fingerprint density at radius 3 is 2.68 bits per heavy atom. The minimum atomic E-state index is -0.548. The zero-order chi connectivity index (χ0) is 22.4. The molecule has 1 N–H and O–H groups in total. The van der Waals surface area contributed by atoms with Gasteiger partial charge in [-0.3, -0.25) is 9.69 Å². The summed E-state index contributed by atoms with van der Waals surface area (Å²) in [7, 11) is 0. The summed E-state index contributed by atoms with van der Waals surface area (Å²) in [6.45, 7) is 6.53. The normalized spacial score (nSPS) is 25.8. The molecule has 0 aromatic heterocycles. The van der Waals surface area contributed by atoms with Crippen molar-refractivity contribution in [1.29, 1.82) is 0 Å². The number of alkyl carbamates (subject to hydrolysis) is 1. The number of piperidine rings is 1. The van der Waals surface area contributed by atoms with Gasteiger partial charge in [-0.15, -0.1) is 0 Å². The van der Waals surface area contributed by atoms with Crippen molar-refractivity contribution >= 4 is 12.1 Å². The molecule has 31 heavy (non-hydrogen) atoms. The molecular formula is C22H31N5O4. The van der Waals surface area contributed by atoms with E-state index in [2.05, 4.69) is 20.2 Å². The van der Waals surface area contributed by atoms with Gasteiger partial charge in [0, 0.05) is 30.1 Å². The Labute approximate surface area is 182 Å². The molecule has 1 amide bonds. The van der Waals surface area contributed by atoms with Crippen molar-refractivity contribution in [2.24, 2.45) is 11.0 Å².